The third-order valence-electron chi connectivity index (χ3n) is 8.40. The lowest BCUT2D eigenvalue weighted by Crippen LogP contribution is -2.46. The second-order valence-electron chi connectivity index (χ2n) is 11.4. The Hall–Kier alpha value is -4.46. The number of hydrogen-bond acceptors (Lipinski definition) is 6. The van der Waals surface area contributed by atoms with E-state index in [2.05, 4.69) is 36.4 Å². The van der Waals surface area contributed by atoms with Crippen LogP contribution in [-0.2, 0) is 25.6 Å². The van der Waals surface area contributed by atoms with Gasteiger partial charge in [0.2, 0.25) is 0 Å². The lowest BCUT2D eigenvalue weighted by molar-refractivity contribution is -0.138. The van der Waals surface area contributed by atoms with Gasteiger partial charge in [-0.15, -0.1) is 5.10 Å². The van der Waals surface area contributed by atoms with Crippen LogP contribution in [0.25, 0.3) is 22.6 Å². The summed E-state index contributed by atoms with van der Waals surface area (Å²) in [6, 6.07) is 10.3. The minimum absolute atomic E-state index is 0.0221. The summed E-state index contributed by atoms with van der Waals surface area (Å²) >= 11 is 2.94. The SMILES string of the molecule is C[C@H]1Cc2c(n3ncc(CC4CC4)c3n(-c3ccc(-c4n[nH]nc4N)cc3)c2=O)CN1C(=O)c1ccc(Br)c(C(F)(F)F)c1. The Kier molecular flexibility index (Phi) is 6.64. The van der Waals surface area contributed by atoms with Gasteiger partial charge in [0.15, 0.2) is 5.82 Å². The number of aromatic amines is 1. The first-order valence-electron chi connectivity index (χ1n) is 14.1. The Morgan fingerprint density at radius 1 is 1.14 bits per heavy atom. The zero-order valence-corrected chi connectivity index (χ0v) is 25.0. The first-order chi connectivity index (χ1) is 21.0. The van der Waals surface area contributed by atoms with Crippen molar-refractivity contribution in [3.63, 3.8) is 0 Å². The number of rotatable bonds is 5. The molecule has 1 aliphatic heterocycles. The van der Waals surface area contributed by atoms with Crippen molar-refractivity contribution in [3.8, 4) is 16.9 Å². The van der Waals surface area contributed by atoms with Crippen LogP contribution >= 0.6 is 15.9 Å². The zero-order chi connectivity index (χ0) is 30.9. The van der Waals surface area contributed by atoms with E-state index in [1.807, 2.05) is 24.3 Å². The molecular formula is C30H26BrF3N8O2. The highest BCUT2D eigenvalue weighted by Crippen LogP contribution is 2.37. The van der Waals surface area contributed by atoms with E-state index in [-0.39, 0.29) is 34.4 Å². The Balaban J connectivity index is 1.33. The fraction of sp³-hybridized carbons (Fsp3) is 0.300. The van der Waals surface area contributed by atoms with E-state index < -0.39 is 23.7 Å². The monoisotopic (exact) mass is 666 g/mol. The van der Waals surface area contributed by atoms with Crippen molar-refractivity contribution in [2.45, 2.75) is 51.4 Å². The van der Waals surface area contributed by atoms with Crippen molar-refractivity contribution in [2.75, 3.05) is 5.73 Å². The molecule has 0 unspecified atom stereocenters. The van der Waals surface area contributed by atoms with Crippen molar-refractivity contribution >= 4 is 33.3 Å². The fourth-order valence-electron chi connectivity index (χ4n) is 5.93. The van der Waals surface area contributed by atoms with E-state index in [0.717, 1.165) is 36.5 Å². The van der Waals surface area contributed by atoms with Gasteiger partial charge in [-0.1, -0.05) is 28.1 Å². The Morgan fingerprint density at radius 3 is 2.55 bits per heavy atom. The number of nitrogen functional groups attached to an aromatic ring is 1. The molecule has 0 bridgehead atoms. The first-order valence-corrected chi connectivity index (χ1v) is 14.9. The summed E-state index contributed by atoms with van der Waals surface area (Å²) in [5.41, 5.74) is 9.14. The Morgan fingerprint density at radius 2 is 1.89 bits per heavy atom. The predicted octanol–water partition coefficient (Wildman–Crippen LogP) is 5.17. The maximum Gasteiger partial charge on any atom is 0.417 e. The van der Waals surface area contributed by atoms with Crippen LogP contribution in [0, 0.1) is 5.92 Å². The molecule has 44 heavy (non-hydrogen) atoms. The van der Waals surface area contributed by atoms with Crippen molar-refractivity contribution in [1.82, 2.24) is 34.5 Å². The van der Waals surface area contributed by atoms with E-state index in [0.29, 0.717) is 34.2 Å². The van der Waals surface area contributed by atoms with Crippen LogP contribution < -0.4 is 11.3 Å². The van der Waals surface area contributed by atoms with E-state index in [4.69, 9.17) is 5.73 Å². The van der Waals surface area contributed by atoms with Gasteiger partial charge in [0.1, 0.15) is 11.3 Å². The van der Waals surface area contributed by atoms with E-state index in [9.17, 15) is 22.8 Å². The van der Waals surface area contributed by atoms with Crippen LogP contribution in [0.2, 0.25) is 0 Å². The summed E-state index contributed by atoms with van der Waals surface area (Å²) < 4.78 is 44.0. The van der Waals surface area contributed by atoms with Gasteiger partial charge in [0.05, 0.1) is 29.7 Å². The largest absolute Gasteiger partial charge is 0.417 e. The number of fused-ring (bicyclic) bond motifs is 3. The molecule has 1 atom stereocenters. The number of anilines is 1. The standard InChI is InChI=1S/C30H26BrF3N8O2/c1-15-10-21-24(14-40(15)28(43)18-6-9-23(31)22(12-18)30(32,33)34)42-27(19(13-36-42)11-16-2-3-16)41(29(21)44)20-7-4-17(5-8-20)25-26(35)38-39-37-25/h4-9,12-13,15-16H,2-3,10-11,14H2,1H3,(H3,35,37,38,39)/t15-/m0/s1. The maximum atomic E-state index is 14.3. The van der Waals surface area contributed by atoms with E-state index in [1.165, 1.54) is 17.0 Å². The summed E-state index contributed by atoms with van der Waals surface area (Å²) in [6.45, 7) is 1.81. The molecule has 0 spiro atoms. The minimum atomic E-state index is -4.63. The maximum absolute atomic E-state index is 14.3. The number of hydrogen-bond donors (Lipinski definition) is 2. The van der Waals surface area contributed by atoms with Crippen LogP contribution in [0.4, 0.5) is 19.0 Å². The van der Waals surface area contributed by atoms with Crippen molar-refractivity contribution in [1.29, 1.82) is 0 Å². The van der Waals surface area contributed by atoms with Gasteiger partial charge in [0, 0.05) is 32.8 Å². The predicted molar refractivity (Wildman–Crippen MR) is 159 cm³/mol. The Bertz CT molecular complexity index is 1990. The number of alkyl halides is 3. The average molecular weight is 667 g/mol. The molecule has 5 aromatic rings. The molecule has 10 nitrogen and oxygen atoms in total. The summed E-state index contributed by atoms with van der Waals surface area (Å²) in [5, 5.41) is 15.2. The van der Waals surface area contributed by atoms with Gasteiger partial charge >= 0.3 is 6.18 Å². The lowest BCUT2D eigenvalue weighted by Gasteiger charge is -2.35. The first kappa shape index (κ1) is 28.3. The summed E-state index contributed by atoms with van der Waals surface area (Å²) in [6.07, 6.45) is 0.319. The molecule has 1 aliphatic carbocycles. The van der Waals surface area contributed by atoms with Gasteiger partial charge in [-0.2, -0.15) is 28.6 Å². The topological polar surface area (TPSA) is 127 Å². The molecule has 1 amide bonds. The Labute approximate surface area is 256 Å². The fourth-order valence-corrected chi connectivity index (χ4v) is 6.41. The number of aromatic nitrogens is 6. The zero-order valence-electron chi connectivity index (χ0n) is 23.4. The number of amides is 1. The normalized spacial score (nSPS) is 16.8. The average Bonchev–Trinajstić information content (AvgIpc) is 3.56. The van der Waals surface area contributed by atoms with Crippen LogP contribution in [0.1, 0.15) is 52.5 Å². The number of H-pyrrole nitrogens is 1. The summed E-state index contributed by atoms with van der Waals surface area (Å²) in [7, 11) is 0. The van der Waals surface area contributed by atoms with Crippen molar-refractivity contribution in [2.24, 2.45) is 5.92 Å². The smallest absolute Gasteiger partial charge is 0.380 e. The number of nitrogens with zero attached hydrogens (tertiary/aromatic N) is 6. The quantitative estimate of drug-likeness (QED) is 0.266. The molecule has 4 heterocycles. The van der Waals surface area contributed by atoms with Gasteiger partial charge in [0.25, 0.3) is 11.5 Å². The molecule has 3 N–H and O–H groups in total. The molecule has 0 radical (unpaired) electrons. The number of nitrogens with one attached hydrogen (secondary N) is 1. The third-order valence-corrected chi connectivity index (χ3v) is 9.10. The summed E-state index contributed by atoms with van der Waals surface area (Å²) in [5.74, 6) is 0.226. The van der Waals surface area contributed by atoms with Gasteiger partial charge in [-0.05, 0) is 68.9 Å². The molecule has 2 aliphatic rings. The number of nitrogens with two attached hydrogens (primary N) is 1. The number of carbonyl (C=O) groups is 1. The number of halogens is 4. The molecule has 0 saturated heterocycles. The number of benzene rings is 2. The van der Waals surface area contributed by atoms with Crippen molar-refractivity contribution in [3.05, 3.63) is 91.4 Å². The molecule has 2 aromatic carbocycles. The van der Waals surface area contributed by atoms with E-state index in [1.54, 1.807) is 22.2 Å². The van der Waals surface area contributed by atoms with Gasteiger partial charge < -0.3 is 10.6 Å². The molecular weight excluding hydrogens is 641 g/mol. The minimum Gasteiger partial charge on any atom is -0.380 e. The molecule has 7 rings (SSSR count). The van der Waals surface area contributed by atoms with Gasteiger partial charge in [-0.25, -0.2) is 4.52 Å². The molecule has 3 aromatic heterocycles. The highest BCUT2D eigenvalue weighted by molar-refractivity contribution is 9.10. The second kappa shape index (κ2) is 10.3. The van der Waals surface area contributed by atoms with Crippen LogP contribution in [0.15, 0.2) is 57.9 Å². The molecule has 226 valence electrons. The van der Waals surface area contributed by atoms with Crippen LogP contribution in [-0.4, -0.2) is 46.4 Å². The van der Waals surface area contributed by atoms with Crippen LogP contribution in [0.3, 0.4) is 0 Å². The second-order valence-corrected chi connectivity index (χ2v) is 12.3. The van der Waals surface area contributed by atoms with Crippen LogP contribution in [0.5, 0.6) is 0 Å². The van der Waals surface area contributed by atoms with E-state index >= 15 is 0 Å². The molecule has 1 saturated carbocycles. The third kappa shape index (κ3) is 4.77. The molecule has 14 heteroatoms. The van der Waals surface area contributed by atoms with Gasteiger partial charge in [-0.3, -0.25) is 14.2 Å². The van der Waals surface area contributed by atoms with Crippen molar-refractivity contribution < 1.29 is 18.0 Å². The highest BCUT2D eigenvalue weighted by Gasteiger charge is 2.37. The highest BCUT2D eigenvalue weighted by atomic mass is 79.9. The lowest BCUT2D eigenvalue weighted by atomic mass is 9.97. The summed E-state index contributed by atoms with van der Waals surface area (Å²) in [4.78, 5) is 29.4. The number of carbonyl (C=O) groups excluding carboxylic acids is 1. The molecule has 1 fully saturated rings.